The third-order valence-electron chi connectivity index (χ3n) is 5.58. The average Bonchev–Trinajstić information content (AvgIpc) is 3.40. The fraction of sp³-hybridized carbons (Fsp3) is 0.350. The van der Waals surface area contributed by atoms with Crippen LogP contribution in [0.15, 0.2) is 52.4 Å². The van der Waals surface area contributed by atoms with E-state index in [-0.39, 0.29) is 17.4 Å². The molecule has 1 spiro atoms. The molecule has 1 atom stereocenters. The van der Waals surface area contributed by atoms with E-state index >= 15 is 0 Å². The summed E-state index contributed by atoms with van der Waals surface area (Å²) in [6.45, 7) is 2.54. The minimum Gasteiger partial charge on any atom is -0.337 e. The second-order valence-corrected chi connectivity index (χ2v) is 8.55. The molecule has 2 fully saturated rings. The first kappa shape index (κ1) is 16.6. The first-order chi connectivity index (χ1) is 13.1. The highest BCUT2D eigenvalue weighted by molar-refractivity contribution is 7.12. The Hall–Kier alpha value is -2.51. The first-order valence-electron chi connectivity index (χ1n) is 9.06. The molecule has 3 aromatic rings. The highest BCUT2D eigenvalue weighted by Crippen LogP contribution is 2.47. The third kappa shape index (κ3) is 2.87. The summed E-state index contributed by atoms with van der Waals surface area (Å²) in [4.78, 5) is 22.2. The van der Waals surface area contributed by atoms with Crippen molar-refractivity contribution < 1.29 is 9.32 Å². The summed E-state index contributed by atoms with van der Waals surface area (Å²) in [7, 11) is 2.10. The van der Waals surface area contributed by atoms with Gasteiger partial charge in [0.2, 0.25) is 0 Å². The number of carbonyl (C=O) groups excluding carboxylic acids is 1. The molecule has 0 radical (unpaired) electrons. The van der Waals surface area contributed by atoms with E-state index in [0.717, 1.165) is 42.3 Å². The van der Waals surface area contributed by atoms with Gasteiger partial charge in [0.25, 0.3) is 11.8 Å². The van der Waals surface area contributed by atoms with Crippen molar-refractivity contribution in [3.8, 4) is 11.5 Å². The fourth-order valence-corrected chi connectivity index (χ4v) is 5.01. The molecule has 2 aliphatic heterocycles. The monoisotopic (exact) mass is 380 g/mol. The van der Waals surface area contributed by atoms with Crippen molar-refractivity contribution in [1.29, 1.82) is 0 Å². The molecular weight excluding hydrogens is 360 g/mol. The third-order valence-corrected chi connectivity index (χ3v) is 6.43. The van der Waals surface area contributed by atoms with Crippen LogP contribution < -0.4 is 0 Å². The molecule has 7 heteroatoms. The molecular formula is C20H20N4O2S. The second-order valence-electron chi connectivity index (χ2n) is 7.60. The number of hydrogen-bond acceptors (Lipinski definition) is 6. The Morgan fingerprint density at radius 3 is 2.74 bits per heavy atom. The highest BCUT2D eigenvalue weighted by atomic mass is 32.1. The fourth-order valence-electron chi connectivity index (χ4n) is 4.32. The van der Waals surface area contributed by atoms with Gasteiger partial charge >= 0.3 is 0 Å². The van der Waals surface area contributed by atoms with Crippen molar-refractivity contribution in [3.63, 3.8) is 0 Å². The zero-order valence-electron chi connectivity index (χ0n) is 15.0. The Labute approximate surface area is 161 Å². The molecule has 27 heavy (non-hydrogen) atoms. The SMILES string of the molecule is CN1CC2(CC1c1noc(-c3ccccc3)n1)CN(C(=O)c1cccs1)C2. The topological polar surface area (TPSA) is 62.5 Å². The van der Waals surface area contributed by atoms with Gasteiger partial charge in [-0.25, -0.2) is 0 Å². The van der Waals surface area contributed by atoms with Gasteiger partial charge in [-0.1, -0.05) is 29.4 Å². The number of thiophene rings is 1. The molecule has 5 rings (SSSR count). The minimum atomic E-state index is 0.130. The molecule has 2 saturated heterocycles. The molecule has 0 N–H and O–H groups in total. The molecule has 2 aromatic heterocycles. The van der Waals surface area contributed by atoms with E-state index in [1.807, 2.05) is 52.7 Å². The van der Waals surface area contributed by atoms with Gasteiger partial charge in [-0.3, -0.25) is 9.69 Å². The number of hydrogen-bond donors (Lipinski definition) is 0. The quantitative estimate of drug-likeness (QED) is 0.698. The number of amides is 1. The van der Waals surface area contributed by atoms with Crippen LogP contribution in [0.3, 0.4) is 0 Å². The van der Waals surface area contributed by atoms with E-state index in [4.69, 9.17) is 4.52 Å². The van der Waals surface area contributed by atoms with Crippen molar-refractivity contribution in [1.82, 2.24) is 19.9 Å². The Balaban J connectivity index is 1.29. The Bertz CT molecular complexity index is 948. The van der Waals surface area contributed by atoms with Gasteiger partial charge in [-0.2, -0.15) is 4.98 Å². The van der Waals surface area contributed by atoms with E-state index in [1.54, 1.807) is 0 Å². The molecule has 0 bridgehead atoms. The van der Waals surface area contributed by atoms with Crippen LogP contribution in [0.25, 0.3) is 11.5 Å². The molecule has 1 unspecified atom stereocenters. The van der Waals surface area contributed by atoms with Crippen molar-refractivity contribution in [2.24, 2.45) is 5.41 Å². The maximum absolute atomic E-state index is 12.5. The maximum Gasteiger partial charge on any atom is 0.263 e. The largest absolute Gasteiger partial charge is 0.337 e. The number of benzene rings is 1. The van der Waals surface area contributed by atoms with Crippen LogP contribution in [-0.2, 0) is 0 Å². The van der Waals surface area contributed by atoms with Crippen LogP contribution in [0.1, 0.15) is 28.0 Å². The lowest BCUT2D eigenvalue weighted by Crippen LogP contribution is -2.59. The summed E-state index contributed by atoms with van der Waals surface area (Å²) in [5.74, 6) is 1.44. The van der Waals surface area contributed by atoms with Gasteiger partial charge in [-0.05, 0) is 37.0 Å². The van der Waals surface area contributed by atoms with Crippen molar-refractivity contribution >= 4 is 17.2 Å². The number of rotatable bonds is 3. The maximum atomic E-state index is 12.5. The van der Waals surface area contributed by atoms with Gasteiger partial charge in [0.05, 0.1) is 10.9 Å². The number of carbonyl (C=O) groups is 1. The standard InChI is InChI=1S/C20H20N4O2S/c1-23-11-20(12-24(13-20)19(25)16-8-5-9-27-16)10-15(23)17-21-18(26-22-17)14-6-3-2-4-7-14/h2-9,15H,10-13H2,1H3. The lowest BCUT2D eigenvalue weighted by atomic mass is 9.77. The zero-order valence-corrected chi connectivity index (χ0v) is 15.9. The predicted octanol–water partition coefficient (Wildman–Crippen LogP) is 3.32. The summed E-state index contributed by atoms with van der Waals surface area (Å²) in [6.07, 6.45) is 0.950. The summed E-state index contributed by atoms with van der Waals surface area (Å²) in [5, 5.41) is 6.18. The number of likely N-dealkylation sites (tertiary alicyclic amines) is 2. The smallest absolute Gasteiger partial charge is 0.263 e. The van der Waals surface area contributed by atoms with Gasteiger partial charge in [0.1, 0.15) is 0 Å². The molecule has 0 aliphatic carbocycles. The molecule has 138 valence electrons. The number of aromatic nitrogens is 2. The Morgan fingerprint density at radius 1 is 1.19 bits per heavy atom. The molecule has 2 aliphatic rings. The lowest BCUT2D eigenvalue weighted by molar-refractivity contribution is 0.0119. The van der Waals surface area contributed by atoms with Gasteiger partial charge in [-0.15, -0.1) is 11.3 Å². The van der Waals surface area contributed by atoms with Crippen LogP contribution in [0.4, 0.5) is 0 Å². The summed E-state index contributed by atoms with van der Waals surface area (Å²) >= 11 is 1.50. The van der Waals surface area contributed by atoms with E-state index in [0.29, 0.717) is 5.89 Å². The van der Waals surface area contributed by atoms with Gasteiger partial charge in [0, 0.05) is 30.6 Å². The van der Waals surface area contributed by atoms with Crippen LogP contribution in [-0.4, -0.2) is 52.5 Å². The Kier molecular flexibility index (Phi) is 3.87. The van der Waals surface area contributed by atoms with Crippen LogP contribution in [0, 0.1) is 5.41 Å². The first-order valence-corrected chi connectivity index (χ1v) is 9.94. The van der Waals surface area contributed by atoms with E-state index in [2.05, 4.69) is 22.1 Å². The average molecular weight is 380 g/mol. The molecule has 1 amide bonds. The molecule has 1 aromatic carbocycles. The van der Waals surface area contributed by atoms with Gasteiger partial charge in [0.15, 0.2) is 5.82 Å². The van der Waals surface area contributed by atoms with Gasteiger partial charge < -0.3 is 9.42 Å². The summed E-state index contributed by atoms with van der Waals surface area (Å²) in [5.41, 5.74) is 1.07. The van der Waals surface area contributed by atoms with Crippen molar-refractivity contribution in [2.45, 2.75) is 12.5 Å². The summed E-state index contributed by atoms with van der Waals surface area (Å²) in [6, 6.07) is 13.8. The van der Waals surface area contributed by atoms with Crippen LogP contribution >= 0.6 is 11.3 Å². The lowest BCUT2D eigenvalue weighted by Gasteiger charge is -2.47. The molecule has 6 nitrogen and oxygen atoms in total. The molecule has 4 heterocycles. The number of nitrogens with zero attached hydrogens (tertiary/aromatic N) is 4. The van der Waals surface area contributed by atoms with Crippen LogP contribution in [0.2, 0.25) is 0 Å². The van der Waals surface area contributed by atoms with E-state index in [9.17, 15) is 4.79 Å². The minimum absolute atomic E-state index is 0.130. The second kappa shape index (κ2) is 6.28. The van der Waals surface area contributed by atoms with E-state index in [1.165, 1.54) is 11.3 Å². The van der Waals surface area contributed by atoms with Crippen LogP contribution in [0.5, 0.6) is 0 Å². The van der Waals surface area contributed by atoms with Crippen molar-refractivity contribution in [3.05, 3.63) is 58.5 Å². The predicted molar refractivity (Wildman–Crippen MR) is 102 cm³/mol. The highest BCUT2D eigenvalue weighted by Gasteiger charge is 2.53. The zero-order chi connectivity index (χ0) is 18.4. The van der Waals surface area contributed by atoms with E-state index < -0.39 is 0 Å². The molecule has 0 saturated carbocycles. The Morgan fingerprint density at radius 2 is 2.00 bits per heavy atom. The summed E-state index contributed by atoms with van der Waals surface area (Å²) < 4.78 is 5.49. The normalized spacial score (nSPS) is 21.5. The van der Waals surface area contributed by atoms with Crippen molar-refractivity contribution in [2.75, 3.05) is 26.7 Å².